The molecule has 0 spiro atoms. The summed E-state index contributed by atoms with van der Waals surface area (Å²) in [6, 6.07) is 30.3. The maximum absolute atomic E-state index is 13.7. The molecule has 1 fully saturated rings. The van der Waals surface area contributed by atoms with E-state index in [9.17, 15) is 14.4 Å². The van der Waals surface area contributed by atoms with Crippen molar-refractivity contribution in [1.29, 1.82) is 0 Å². The molecule has 0 saturated carbocycles. The summed E-state index contributed by atoms with van der Waals surface area (Å²) in [7, 11) is 0. The first-order chi connectivity index (χ1) is 19.6. The van der Waals surface area contributed by atoms with Crippen molar-refractivity contribution in [3.05, 3.63) is 114 Å². The first-order valence-corrected chi connectivity index (χ1v) is 13.1. The molecular formula is C31H24N6O3. The molecule has 3 aliphatic heterocycles. The van der Waals surface area contributed by atoms with Gasteiger partial charge in [0.1, 0.15) is 6.54 Å². The zero-order valence-electron chi connectivity index (χ0n) is 21.4. The minimum absolute atomic E-state index is 0.234. The average Bonchev–Trinajstić information content (AvgIpc) is 3.69. The predicted octanol–water partition coefficient (Wildman–Crippen LogP) is 4.51. The Morgan fingerprint density at radius 1 is 0.800 bits per heavy atom. The van der Waals surface area contributed by atoms with Crippen molar-refractivity contribution < 1.29 is 14.4 Å². The summed E-state index contributed by atoms with van der Waals surface area (Å²) >= 11 is 0. The van der Waals surface area contributed by atoms with E-state index in [1.54, 1.807) is 6.07 Å². The minimum atomic E-state index is -0.994. The maximum Gasteiger partial charge on any atom is 0.264 e. The highest BCUT2D eigenvalue weighted by molar-refractivity contribution is 6.27. The summed E-state index contributed by atoms with van der Waals surface area (Å²) in [6.45, 7) is -0.234. The van der Waals surface area contributed by atoms with Gasteiger partial charge in [0.05, 0.1) is 17.4 Å². The molecule has 0 aromatic heterocycles. The van der Waals surface area contributed by atoms with Gasteiger partial charge >= 0.3 is 0 Å². The lowest BCUT2D eigenvalue weighted by molar-refractivity contribution is -0.135. The molecule has 0 N–H and O–H groups in total. The number of amides is 3. The van der Waals surface area contributed by atoms with Crippen molar-refractivity contribution >= 4 is 39.9 Å². The van der Waals surface area contributed by atoms with Crippen LogP contribution in [0.5, 0.6) is 0 Å². The number of imide groups is 1. The van der Waals surface area contributed by atoms with E-state index in [1.165, 1.54) is 14.9 Å². The lowest BCUT2D eigenvalue weighted by Gasteiger charge is -2.25. The minimum Gasteiger partial charge on any atom is -0.271 e. The lowest BCUT2D eigenvalue weighted by Crippen LogP contribution is -2.44. The molecule has 9 heteroatoms. The normalized spacial score (nSPS) is 21.9. The van der Waals surface area contributed by atoms with E-state index in [2.05, 4.69) is 10.3 Å². The van der Waals surface area contributed by atoms with E-state index in [-0.39, 0.29) is 18.5 Å². The molecule has 4 aromatic rings. The second-order valence-corrected chi connectivity index (χ2v) is 9.98. The van der Waals surface area contributed by atoms with Gasteiger partial charge in [0.2, 0.25) is 0 Å². The second-order valence-electron chi connectivity index (χ2n) is 9.98. The SMILES string of the molecule is O=C1[C@H]2N=NN(CC(=O)N3N=C(c4ccccc4)C[C@@H]3c3ccccc3)[C@H]2C(=O)N1c1cccc2ccccc12. The summed E-state index contributed by atoms with van der Waals surface area (Å²) in [4.78, 5) is 42.0. The van der Waals surface area contributed by atoms with Crippen LogP contribution in [0.3, 0.4) is 0 Å². The topological polar surface area (TPSA) is 98.0 Å². The number of hydrogen-bond donors (Lipinski definition) is 0. The summed E-state index contributed by atoms with van der Waals surface area (Å²) < 4.78 is 0. The zero-order valence-corrected chi connectivity index (χ0v) is 21.4. The summed E-state index contributed by atoms with van der Waals surface area (Å²) in [5.74, 6) is -1.22. The van der Waals surface area contributed by atoms with Gasteiger partial charge in [-0.05, 0) is 22.6 Å². The van der Waals surface area contributed by atoms with Crippen LogP contribution < -0.4 is 4.90 Å². The third kappa shape index (κ3) is 3.86. The molecular weight excluding hydrogens is 504 g/mol. The van der Waals surface area contributed by atoms with Crippen LogP contribution in [0, 0.1) is 0 Å². The Morgan fingerprint density at radius 3 is 2.30 bits per heavy atom. The van der Waals surface area contributed by atoms with Crippen LogP contribution in [0.4, 0.5) is 5.69 Å². The van der Waals surface area contributed by atoms with Crippen LogP contribution >= 0.6 is 0 Å². The fraction of sp³-hybridized carbons (Fsp3) is 0.161. The molecule has 0 aliphatic carbocycles. The third-order valence-corrected chi connectivity index (χ3v) is 7.62. The second kappa shape index (κ2) is 9.53. The van der Waals surface area contributed by atoms with Gasteiger partial charge in [-0.1, -0.05) is 102 Å². The molecule has 0 unspecified atom stereocenters. The fourth-order valence-corrected chi connectivity index (χ4v) is 5.69. The number of benzene rings is 4. The Bertz CT molecular complexity index is 1700. The highest BCUT2D eigenvalue weighted by atomic mass is 16.2. The fourth-order valence-electron chi connectivity index (χ4n) is 5.69. The molecule has 196 valence electrons. The number of hydrazone groups is 1. The number of hydrogen-bond acceptors (Lipinski definition) is 7. The molecule has 0 bridgehead atoms. The van der Waals surface area contributed by atoms with Gasteiger partial charge in [0.25, 0.3) is 17.7 Å². The largest absolute Gasteiger partial charge is 0.271 e. The Balaban J connectivity index is 1.17. The van der Waals surface area contributed by atoms with Gasteiger partial charge in [0, 0.05) is 11.8 Å². The van der Waals surface area contributed by atoms with E-state index in [1.807, 2.05) is 97.1 Å². The molecule has 9 nitrogen and oxygen atoms in total. The zero-order chi connectivity index (χ0) is 27.2. The number of rotatable bonds is 5. The molecule has 4 aromatic carbocycles. The third-order valence-electron chi connectivity index (χ3n) is 7.62. The molecule has 0 radical (unpaired) electrons. The Kier molecular flexibility index (Phi) is 5.70. The summed E-state index contributed by atoms with van der Waals surface area (Å²) in [5.41, 5.74) is 3.21. The van der Waals surface area contributed by atoms with Crippen LogP contribution in [0.2, 0.25) is 0 Å². The van der Waals surface area contributed by atoms with Crippen LogP contribution in [0.25, 0.3) is 10.8 Å². The number of anilines is 1. The van der Waals surface area contributed by atoms with E-state index < -0.39 is 23.9 Å². The molecule has 7 rings (SSSR count). The quantitative estimate of drug-likeness (QED) is 0.356. The Labute approximate surface area is 230 Å². The van der Waals surface area contributed by atoms with Gasteiger partial charge in [-0.25, -0.2) is 9.91 Å². The van der Waals surface area contributed by atoms with Gasteiger partial charge in [-0.15, -0.1) is 0 Å². The Morgan fingerprint density at radius 2 is 1.50 bits per heavy atom. The van der Waals surface area contributed by atoms with Gasteiger partial charge in [-0.2, -0.15) is 10.2 Å². The number of nitrogens with zero attached hydrogens (tertiary/aromatic N) is 6. The molecule has 3 atom stereocenters. The highest BCUT2D eigenvalue weighted by Gasteiger charge is 2.55. The molecule has 3 amide bonds. The molecule has 3 heterocycles. The van der Waals surface area contributed by atoms with E-state index >= 15 is 0 Å². The van der Waals surface area contributed by atoms with Crippen LogP contribution in [0.15, 0.2) is 119 Å². The van der Waals surface area contributed by atoms with Crippen LogP contribution in [0.1, 0.15) is 23.6 Å². The van der Waals surface area contributed by atoms with Crippen LogP contribution in [-0.2, 0) is 14.4 Å². The predicted molar refractivity (Wildman–Crippen MR) is 149 cm³/mol. The number of fused-ring (bicyclic) bond motifs is 2. The lowest BCUT2D eigenvalue weighted by atomic mass is 9.98. The van der Waals surface area contributed by atoms with Crippen molar-refractivity contribution in [2.45, 2.75) is 24.5 Å². The Hall–Kier alpha value is -5.18. The summed E-state index contributed by atoms with van der Waals surface area (Å²) in [5, 5.41) is 17.4. The van der Waals surface area contributed by atoms with Gasteiger partial charge in [0.15, 0.2) is 12.1 Å². The van der Waals surface area contributed by atoms with E-state index in [4.69, 9.17) is 5.10 Å². The standard InChI is InChI=1S/C31H24N6O3/c38-27(37-26(22-13-5-2-6-14-22)18-24(33-37)21-11-3-1-4-12-21)19-35-29-28(32-34-35)30(39)36(31(29)40)25-17-9-15-20-10-7-8-16-23(20)25/h1-17,26,28-29H,18-19H2/t26-,28+,29-/m1/s1. The van der Waals surface area contributed by atoms with Crippen molar-refractivity contribution in [2.75, 3.05) is 11.4 Å². The van der Waals surface area contributed by atoms with Crippen molar-refractivity contribution in [3.63, 3.8) is 0 Å². The van der Waals surface area contributed by atoms with Crippen molar-refractivity contribution in [1.82, 2.24) is 10.0 Å². The number of carbonyl (C=O) groups is 3. The van der Waals surface area contributed by atoms with Gasteiger partial charge in [-0.3, -0.25) is 19.4 Å². The molecule has 3 aliphatic rings. The maximum atomic E-state index is 13.7. The van der Waals surface area contributed by atoms with Gasteiger partial charge < -0.3 is 0 Å². The van der Waals surface area contributed by atoms with E-state index in [0.29, 0.717) is 12.1 Å². The molecule has 40 heavy (non-hydrogen) atoms. The first-order valence-electron chi connectivity index (χ1n) is 13.1. The number of carbonyl (C=O) groups excluding carboxylic acids is 3. The average molecular weight is 529 g/mol. The van der Waals surface area contributed by atoms with Crippen molar-refractivity contribution in [2.24, 2.45) is 15.4 Å². The monoisotopic (exact) mass is 528 g/mol. The van der Waals surface area contributed by atoms with E-state index in [0.717, 1.165) is 27.6 Å². The molecule has 1 saturated heterocycles. The smallest absolute Gasteiger partial charge is 0.264 e. The highest BCUT2D eigenvalue weighted by Crippen LogP contribution is 2.37. The summed E-state index contributed by atoms with van der Waals surface area (Å²) in [6.07, 6.45) is 0.555. The van der Waals surface area contributed by atoms with Crippen molar-refractivity contribution in [3.8, 4) is 0 Å². The first kappa shape index (κ1) is 23.9. The van der Waals surface area contributed by atoms with Crippen LogP contribution in [-0.4, -0.2) is 52.1 Å².